The quantitative estimate of drug-likeness (QED) is 0.0346. The number of unbranched alkanes of at least 4 members (excludes halogenated alkanes) is 4. The number of carbonyl (C=O) groups is 2. The molecule has 5 nitrogen and oxygen atoms in total. The Morgan fingerprint density at radius 3 is 1.01 bits per heavy atom. The van der Waals surface area contributed by atoms with Gasteiger partial charge in [0.1, 0.15) is 6.61 Å². The summed E-state index contributed by atoms with van der Waals surface area (Å²) in [6, 6.07) is 0. The normalized spacial score (nSPS) is 13.8. The molecular formula is C63H94O5. The van der Waals surface area contributed by atoms with Gasteiger partial charge in [-0.05, 0) is 135 Å². The highest BCUT2D eigenvalue weighted by atomic mass is 16.6. The Bertz CT molecular complexity index is 1620. The van der Waals surface area contributed by atoms with Crippen molar-refractivity contribution in [1.29, 1.82) is 0 Å². The molecule has 0 rings (SSSR count). The van der Waals surface area contributed by atoms with Gasteiger partial charge >= 0.3 is 11.9 Å². The molecule has 0 aromatic heterocycles. The summed E-state index contributed by atoms with van der Waals surface area (Å²) < 4.78 is 17.2. The molecule has 0 radical (unpaired) electrons. The molecule has 0 saturated heterocycles. The zero-order chi connectivity index (χ0) is 49.2. The van der Waals surface area contributed by atoms with Gasteiger partial charge in [0.2, 0.25) is 0 Å². The van der Waals surface area contributed by atoms with Gasteiger partial charge in [-0.15, -0.1) is 0 Å². The summed E-state index contributed by atoms with van der Waals surface area (Å²) in [6.07, 6.45) is 86.4. The van der Waals surface area contributed by atoms with E-state index in [0.717, 1.165) is 135 Å². The molecule has 0 aliphatic carbocycles. The van der Waals surface area contributed by atoms with Crippen molar-refractivity contribution < 1.29 is 23.8 Å². The smallest absolute Gasteiger partial charge is 0.306 e. The lowest BCUT2D eigenvalue weighted by atomic mass is 10.1. The molecule has 0 aliphatic heterocycles. The topological polar surface area (TPSA) is 61.8 Å². The summed E-state index contributed by atoms with van der Waals surface area (Å²) in [5.41, 5.74) is 0. The van der Waals surface area contributed by atoms with E-state index in [1.807, 2.05) is 6.08 Å². The number of ether oxygens (including phenoxy) is 3. The van der Waals surface area contributed by atoms with E-state index in [2.05, 4.69) is 197 Å². The van der Waals surface area contributed by atoms with Crippen molar-refractivity contribution in [2.45, 2.75) is 181 Å². The molecule has 376 valence electrons. The molecule has 0 bridgehead atoms. The predicted octanol–water partition coefficient (Wildman–Crippen LogP) is 18.2. The third-order valence-corrected chi connectivity index (χ3v) is 9.93. The third kappa shape index (κ3) is 53.6. The van der Waals surface area contributed by atoms with Crippen molar-refractivity contribution in [3.8, 4) is 0 Å². The van der Waals surface area contributed by atoms with E-state index < -0.39 is 6.10 Å². The van der Waals surface area contributed by atoms with E-state index in [4.69, 9.17) is 14.2 Å². The molecule has 0 N–H and O–H groups in total. The van der Waals surface area contributed by atoms with Crippen molar-refractivity contribution in [2.75, 3.05) is 19.8 Å². The number of carbonyl (C=O) groups excluding carboxylic acids is 2. The first-order chi connectivity index (χ1) is 33.6. The molecular weight excluding hydrogens is 837 g/mol. The van der Waals surface area contributed by atoms with Crippen LogP contribution in [-0.4, -0.2) is 37.9 Å². The maximum absolute atomic E-state index is 12.8. The Balaban J connectivity index is 4.57. The third-order valence-electron chi connectivity index (χ3n) is 9.93. The van der Waals surface area contributed by atoms with Crippen molar-refractivity contribution in [3.63, 3.8) is 0 Å². The summed E-state index contributed by atoms with van der Waals surface area (Å²) >= 11 is 0. The number of rotatable bonds is 45. The lowest BCUT2D eigenvalue weighted by Gasteiger charge is -2.18. The van der Waals surface area contributed by atoms with Crippen LogP contribution in [0.4, 0.5) is 0 Å². The molecule has 0 aliphatic rings. The van der Waals surface area contributed by atoms with Crippen LogP contribution in [0.15, 0.2) is 182 Å². The van der Waals surface area contributed by atoms with Crippen molar-refractivity contribution in [3.05, 3.63) is 182 Å². The molecule has 0 spiro atoms. The molecule has 68 heavy (non-hydrogen) atoms. The maximum atomic E-state index is 12.8. The van der Waals surface area contributed by atoms with Crippen LogP contribution in [0.2, 0.25) is 0 Å². The molecule has 0 aromatic rings. The molecule has 1 atom stereocenters. The Hall–Kier alpha value is -5.00. The minimum atomic E-state index is -0.628. The number of hydrogen-bond donors (Lipinski definition) is 0. The summed E-state index contributed by atoms with van der Waals surface area (Å²) in [4.78, 5) is 25.4. The Kier molecular flexibility index (Phi) is 52.2. The van der Waals surface area contributed by atoms with Gasteiger partial charge in [0, 0.05) is 19.4 Å². The molecule has 0 amide bonds. The average molecular weight is 931 g/mol. The van der Waals surface area contributed by atoms with Crippen LogP contribution in [-0.2, 0) is 23.8 Å². The van der Waals surface area contributed by atoms with Gasteiger partial charge in [-0.2, -0.15) is 0 Å². The molecule has 0 heterocycles. The van der Waals surface area contributed by atoms with Crippen molar-refractivity contribution in [1.82, 2.24) is 0 Å². The monoisotopic (exact) mass is 931 g/mol. The molecule has 0 aromatic carbocycles. The number of hydrogen-bond acceptors (Lipinski definition) is 5. The highest BCUT2D eigenvalue weighted by Crippen LogP contribution is 2.09. The summed E-state index contributed by atoms with van der Waals surface area (Å²) in [5, 5.41) is 0. The Morgan fingerprint density at radius 1 is 0.324 bits per heavy atom. The summed E-state index contributed by atoms with van der Waals surface area (Å²) in [5.74, 6) is -0.580. The van der Waals surface area contributed by atoms with E-state index in [0.29, 0.717) is 19.4 Å². The van der Waals surface area contributed by atoms with Crippen LogP contribution in [0.1, 0.15) is 175 Å². The van der Waals surface area contributed by atoms with Gasteiger partial charge in [-0.1, -0.05) is 209 Å². The predicted molar refractivity (Wildman–Crippen MR) is 297 cm³/mol. The number of esters is 2. The van der Waals surface area contributed by atoms with E-state index >= 15 is 0 Å². The first kappa shape index (κ1) is 63.0. The lowest BCUT2D eigenvalue weighted by Crippen LogP contribution is -2.30. The van der Waals surface area contributed by atoms with Gasteiger partial charge in [0.05, 0.1) is 6.61 Å². The van der Waals surface area contributed by atoms with E-state index in [1.165, 1.54) is 0 Å². The zero-order valence-corrected chi connectivity index (χ0v) is 43.0. The fourth-order valence-electron chi connectivity index (χ4n) is 6.15. The second-order valence-corrected chi connectivity index (χ2v) is 16.3. The minimum absolute atomic E-state index is 0.00436. The second kappa shape index (κ2) is 56.3. The highest BCUT2D eigenvalue weighted by Gasteiger charge is 2.17. The SMILES string of the molecule is CC/C=C\C/C=C\C/C=C\C/C=C\C/C=C\C/C=C\CCCOCC(COC(=O)CC/C=C\C/C=C\C/C=C\C/C=C\C/C=C\C/C=C\CC)OC(=O)CCCCC/C=C\C/C=C\C/C=C\CC. The first-order valence-electron chi connectivity index (χ1n) is 26.3. The second-order valence-electron chi connectivity index (χ2n) is 16.3. The van der Waals surface area contributed by atoms with Crippen LogP contribution in [0.5, 0.6) is 0 Å². The van der Waals surface area contributed by atoms with Gasteiger partial charge in [0.25, 0.3) is 0 Å². The lowest BCUT2D eigenvalue weighted by molar-refractivity contribution is -0.162. The zero-order valence-electron chi connectivity index (χ0n) is 43.0. The van der Waals surface area contributed by atoms with E-state index in [9.17, 15) is 9.59 Å². The van der Waals surface area contributed by atoms with Crippen LogP contribution in [0, 0.1) is 0 Å². The van der Waals surface area contributed by atoms with Crippen molar-refractivity contribution in [2.24, 2.45) is 0 Å². The van der Waals surface area contributed by atoms with Gasteiger partial charge < -0.3 is 14.2 Å². The standard InChI is InChI=1S/C63H94O5/c1-4-7-10-13-16-19-22-25-27-29-31-33-35-37-40-43-46-49-52-55-58-66-59-61(68-63(65)57-54-51-48-45-42-38-24-21-18-15-12-9-6-3)60-67-62(64)56-53-50-47-44-41-39-36-34-32-30-28-26-23-20-17-14-11-8-5-2/h7-12,16-21,25-28,31-34,37-42,46-47,49-50,61H,4-6,13-15,22-24,29-30,35-36,43-45,48,51-60H2,1-3H3/b10-7-,11-8-,12-9-,19-16-,20-17-,21-18-,27-25-,28-26-,33-31-,34-32-,40-37-,41-39-,42-38-,49-46-,50-47-. The van der Waals surface area contributed by atoms with Crippen LogP contribution in [0.3, 0.4) is 0 Å². The van der Waals surface area contributed by atoms with Crippen molar-refractivity contribution >= 4 is 11.9 Å². The summed E-state index contributed by atoms with van der Waals surface area (Å²) in [7, 11) is 0. The number of allylic oxidation sites excluding steroid dienone is 30. The molecule has 0 fully saturated rings. The molecule has 5 heteroatoms. The molecule has 0 saturated carbocycles. The Labute approximate surface area is 417 Å². The largest absolute Gasteiger partial charge is 0.462 e. The molecule has 1 unspecified atom stereocenters. The fourth-order valence-corrected chi connectivity index (χ4v) is 6.15. The van der Waals surface area contributed by atoms with Crippen LogP contribution < -0.4 is 0 Å². The van der Waals surface area contributed by atoms with Gasteiger partial charge in [0.15, 0.2) is 6.10 Å². The van der Waals surface area contributed by atoms with Crippen LogP contribution in [0.25, 0.3) is 0 Å². The first-order valence-corrected chi connectivity index (χ1v) is 26.3. The average Bonchev–Trinajstić information content (AvgIpc) is 3.34. The maximum Gasteiger partial charge on any atom is 0.306 e. The van der Waals surface area contributed by atoms with E-state index in [1.54, 1.807) is 0 Å². The van der Waals surface area contributed by atoms with Crippen LogP contribution >= 0.6 is 0 Å². The van der Waals surface area contributed by atoms with E-state index in [-0.39, 0.29) is 31.6 Å². The highest BCUT2D eigenvalue weighted by molar-refractivity contribution is 5.70. The van der Waals surface area contributed by atoms with Gasteiger partial charge in [-0.3, -0.25) is 9.59 Å². The fraction of sp³-hybridized carbons (Fsp3) is 0.492. The summed E-state index contributed by atoms with van der Waals surface area (Å²) in [6.45, 7) is 7.18. The Morgan fingerprint density at radius 2 is 0.647 bits per heavy atom. The minimum Gasteiger partial charge on any atom is -0.462 e. The van der Waals surface area contributed by atoms with Gasteiger partial charge in [-0.25, -0.2) is 0 Å².